The van der Waals surface area contributed by atoms with Crippen LogP contribution in [0.3, 0.4) is 0 Å². The molecule has 1 aromatic heterocycles. The summed E-state index contributed by atoms with van der Waals surface area (Å²) in [6, 6.07) is 14.4. The Morgan fingerprint density at radius 1 is 1.13 bits per heavy atom. The molecule has 0 amide bonds. The molecule has 4 nitrogen and oxygen atoms in total. The fourth-order valence-electron chi connectivity index (χ4n) is 2.38. The molecule has 3 aromatic rings. The number of nitrogens with one attached hydrogen (secondary N) is 1. The SMILES string of the molecule is Cc1ccc(C(=O)c2cnc(=S)[nH]c2-c2ccccc2)c(O)c1. The van der Waals surface area contributed by atoms with Gasteiger partial charge in [0.2, 0.25) is 0 Å². The molecule has 23 heavy (non-hydrogen) atoms. The molecule has 0 unspecified atom stereocenters. The van der Waals surface area contributed by atoms with Gasteiger partial charge in [-0.2, -0.15) is 0 Å². The highest BCUT2D eigenvalue weighted by Gasteiger charge is 2.18. The van der Waals surface area contributed by atoms with E-state index in [1.165, 1.54) is 6.20 Å². The van der Waals surface area contributed by atoms with Gasteiger partial charge in [-0.05, 0) is 42.4 Å². The van der Waals surface area contributed by atoms with Crippen molar-refractivity contribution >= 4 is 18.0 Å². The number of aromatic amines is 1. The lowest BCUT2D eigenvalue weighted by atomic mass is 9.98. The van der Waals surface area contributed by atoms with Crippen LogP contribution >= 0.6 is 12.2 Å². The molecule has 0 spiro atoms. The first kappa shape index (κ1) is 15.1. The third-order valence-electron chi connectivity index (χ3n) is 3.52. The van der Waals surface area contributed by atoms with Crippen molar-refractivity contribution in [3.8, 4) is 17.0 Å². The number of rotatable bonds is 3. The molecule has 0 aliphatic carbocycles. The summed E-state index contributed by atoms with van der Waals surface area (Å²) in [6.45, 7) is 1.85. The number of phenols is 1. The predicted octanol–water partition coefficient (Wildman–Crippen LogP) is 4.05. The number of hydrogen-bond acceptors (Lipinski definition) is 4. The zero-order chi connectivity index (χ0) is 16.4. The first-order valence-corrected chi connectivity index (χ1v) is 7.46. The Labute approximate surface area is 138 Å². The lowest BCUT2D eigenvalue weighted by Crippen LogP contribution is -2.07. The Kier molecular flexibility index (Phi) is 4.04. The van der Waals surface area contributed by atoms with Gasteiger partial charge in [-0.3, -0.25) is 4.79 Å². The van der Waals surface area contributed by atoms with E-state index in [0.29, 0.717) is 16.0 Å². The second kappa shape index (κ2) is 6.14. The third kappa shape index (κ3) is 3.05. The molecule has 1 heterocycles. The monoisotopic (exact) mass is 322 g/mol. The molecule has 2 aromatic carbocycles. The van der Waals surface area contributed by atoms with Crippen LogP contribution in [0, 0.1) is 11.7 Å². The average Bonchev–Trinajstić information content (AvgIpc) is 2.55. The summed E-state index contributed by atoms with van der Waals surface area (Å²) in [4.78, 5) is 19.8. The van der Waals surface area contributed by atoms with Crippen molar-refractivity contribution in [2.24, 2.45) is 0 Å². The van der Waals surface area contributed by atoms with Crippen molar-refractivity contribution in [3.05, 3.63) is 76.2 Å². The van der Waals surface area contributed by atoms with Crippen LogP contribution in [-0.4, -0.2) is 20.9 Å². The van der Waals surface area contributed by atoms with Gasteiger partial charge in [0.05, 0.1) is 16.8 Å². The van der Waals surface area contributed by atoms with E-state index in [4.69, 9.17) is 12.2 Å². The molecule has 5 heteroatoms. The highest BCUT2D eigenvalue weighted by molar-refractivity contribution is 7.71. The number of phenolic OH excluding ortho intramolecular Hbond substituents is 1. The van der Waals surface area contributed by atoms with E-state index in [9.17, 15) is 9.90 Å². The molecular weight excluding hydrogens is 308 g/mol. The normalized spacial score (nSPS) is 10.5. The van der Waals surface area contributed by atoms with Crippen molar-refractivity contribution in [3.63, 3.8) is 0 Å². The molecule has 0 radical (unpaired) electrons. The topological polar surface area (TPSA) is 66.0 Å². The summed E-state index contributed by atoms with van der Waals surface area (Å²) in [5, 5.41) is 10.1. The minimum absolute atomic E-state index is 0.0449. The lowest BCUT2D eigenvalue weighted by Gasteiger charge is -2.10. The minimum atomic E-state index is -0.305. The van der Waals surface area contributed by atoms with Gasteiger partial charge in [0.25, 0.3) is 0 Å². The summed E-state index contributed by atoms with van der Waals surface area (Å²) in [5.41, 5.74) is 2.91. The number of aromatic hydroxyl groups is 1. The van der Waals surface area contributed by atoms with Gasteiger partial charge in [0.1, 0.15) is 5.75 Å². The fourth-order valence-corrected chi connectivity index (χ4v) is 2.53. The van der Waals surface area contributed by atoms with Crippen molar-refractivity contribution in [1.82, 2.24) is 9.97 Å². The summed E-state index contributed by atoms with van der Waals surface area (Å²) in [7, 11) is 0. The summed E-state index contributed by atoms with van der Waals surface area (Å²) >= 11 is 5.08. The second-order valence-corrected chi connectivity index (χ2v) is 5.58. The van der Waals surface area contributed by atoms with Gasteiger partial charge < -0.3 is 10.1 Å². The number of aryl methyl sites for hydroxylation is 1. The maximum atomic E-state index is 12.8. The van der Waals surface area contributed by atoms with Gasteiger partial charge in [-0.15, -0.1) is 0 Å². The molecule has 0 aliphatic rings. The number of nitrogens with zero attached hydrogens (tertiary/aromatic N) is 1. The maximum Gasteiger partial charge on any atom is 0.200 e. The molecule has 0 aliphatic heterocycles. The van der Waals surface area contributed by atoms with Crippen LogP contribution in [0.4, 0.5) is 0 Å². The Morgan fingerprint density at radius 3 is 2.57 bits per heavy atom. The van der Waals surface area contributed by atoms with Crippen LogP contribution < -0.4 is 0 Å². The Morgan fingerprint density at radius 2 is 1.87 bits per heavy atom. The maximum absolute atomic E-state index is 12.8. The Bertz CT molecular complexity index is 933. The van der Waals surface area contributed by atoms with E-state index in [1.54, 1.807) is 18.2 Å². The van der Waals surface area contributed by atoms with Gasteiger partial charge in [0.15, 0.2) is 10.6 Å². The quantitative estimate of drug-likeness (QED) is 0.564. The van der Waals surface area contributed by atoms with E-state index < -0.39 is 0 Å². The van der Waals surface area contributed by atoms with E-state index in [2.05, 4.69) is 9.97 Å². The number of ketones is 1. The Hall–Kier alpha value is -2.79. The standard InChI is InChI=1S/C18H14N2O2S/c1-11-7-8-13(15(21)9-11)17(22)14-10-19-18(23)20-16(14)12-5-3-2-4-6-12/h2-10,21H,1H3,(H,19,20,23). The highest BCUT2D eigenvalue weighted by atomic mass is 32.1. The number of carbonyl (C=O) groups is 1. The van der Waals surface area contributed by atoms with E-state index in [1.807, 2.05) is 37.3 Å². The van der Waals surface area contributed by atoms with Crippen LogP contribution in [0.1, 0.15) is 21.5 Å². The van der Waals surface area contributed by atoms with Gasteiger partial charge in [-0.1, -0.05) is 36.4 Å². The van der Waals surface area contributed by atoms with E-state index >= 15 is 0 Å². The van der Waals surface area contributed by atoms with Crippen LogP contribution in [0.15, 0.2) is 54.7 Å². The number of carbonyl (C=O) groups excluding carboxylic acids is 1. The Balaban J connectivity index is 2.17. The van der Waals surface area contributed by atoms with Crippen molar-refractivity contribution in [2.45, 2.75) is 6.92 Å². The molecule has 0 fully saturated rings. The second-order valence-electron chi connectivity index (χ2n) is 5.19. The van der Waals surface area contributed by atoms with E-state index in [0.717, 1.165) is 11.1 Å². The van der Waals surface area contributed by atoms with Crippen molar-refractivity contribution < 1.29 is 9.90 Å². The molecule has 0 saturated carbocycles. The number of H-pyrrole nitrogens is 1. The van der Waals surface area contributed by atoms with Gasteiger partial charge in [-0.25, -0.2) is 4.98 Å². The molecule has 0 bridgehead atoms. The van der Waals surface area contributed by atoms with Crippen LogP contribution in [-0.2, 0) is 0 Å². The minimum Gasteiger partial charge on any atom is -0.507 e. The molecule has 114 valence electrons. The summed E-state index contributed by atoms with van der Waals surface area (Å²) < 4.78 is 0.300. The first-order chi connectivity index (χ1) is 11.1. The summed E-state index contributed by atoms with van der Waals surface area (Å²) in [6.07, 6.45) is 1.45. The zero-order valence-corrected chi connectivity index (χ0v) is 13.2. The van der Waals surface area contributed by atoms with Crippen LogP contribution in [0.25, 0.3) is 11.3 Å². The van der Waals surface area contributed by atoms with Crippen LogP contribution in [0.5, 0.6) is 5.75 Å². The zero-order valence-electron chi connectivity index (χ0n) is 12.4. The molecule has 3 rings (SSSR count). The number of benzene rings is 2. The van der Waals surface area contributed by atoms with Gasteiger partial charge in [0, 0.05) is 6.20 Å². The summed E-state index contributed by atoms with van der Waals surface area (Å²) in [5.74, 6) is -0.350. The largest absolute Gasteiger partial charge is 0.507 e. The molecule has 2 N–H and O–H groups in total. The fraction of sp³-hybridized carbons (Fsp3) is 0.0556. The van der Waals surface area contributed by atoms with E-state index in [-0.39, 0.29) is 17.1 Å². The number of aromatic nitrogens is 2. The van der Waals surface area contributed by atoms with Crippen molar-refractivity contribution in [2.75, 3.05) is 0 Å². The number of hydrogen-bond donors (Lipinski definition) is 2. The lowest BCUT2D eigenvalue weighted by molar-refractivity contribution is 0.103. The van der Waals surface area contributed by atoms with Gasteiger partial charge >= 0.3 is 0 Å². The first-order valence-electron chi connectivity index (χ1n) is 7.05. The predicted molar refractivity (Wildman–Crippen MR) is 91.1 cm³/mol. The molecule has 0 atom stereocenters. The highest BCUT2D eigenvalue weighted by Crippen LogP contribution is 2.26. The van der Waals surface area contributed by atoms with Crippen molar-refractivity contribution in [1.29, 1.82) is 0 Å². The molecule has 0 saturated heterocycles. The third-order valence-corrected chi connectivity index (χ3v) is 3.72. The molecular formula is C18H14N2O2S. The van der Waals surface area contributed by atoms with Crippen LogP contribution in [0.2, 0.25) is 0 Å². The average molecular weight is 322 g/mol. The smallest absolute Gasteiger partial charge is 0.200 e.